The molecular weight excluding hydrogens is 202 g/mol. The summed E-state index contributed by atoms with van der Waals surface area (Å²) in [6, 6.07) is 0. The molecule has 0 heterocycles. The highest BCUT2D eigenvalue weighted by molar-refractivity contribution is 4.85. The second-order valence-electron chi connectivity index (χ2n) is 4.74. The van der Waals surface area contributed by atoms with Crippen molar-refractivity contribution >= 4 is 0 Å². The first-order valence-electron chi connectivity index (χ1n) is 6.57. The van der Waals surface area contributed by atoms with Crippen molar-refractivity contribution in [1.82, 2.24) is 5.32 Å². The summed E-state index contributed by atoms with van der Waals surface area (Å²) in [5.41, 5.74) is -0.101. The number of aliphatic hydroxyl groups excluding tert-OH is 1. The zero-order chi connectivity index (χ0) is 12.4. The van der Waals surface area contributed by atoms with Crippen molar-refractivity contribution in [2.45, 2.75) is 65.0 Å². The van der Waals surface area contributed by atoms with E-state index in [2.05, 4.69) is 33.0 Å². The third-order valence-electron chi connectivity index (χ3n) is 2.98. The van der Waals surface area contributed by atoms with E-state index in [-0.39, 0.29) is 12.1 Å². The molecule has 0 bridgehead atoms. The van der Waals surface area contributed by atoms with E-state index < -0.39 is 0 Å². The maximum Gasteiger partial charge on any atom is 0.0613 e. The van der Waals surface area contributed by atoms with Gasteiger partial charge in [-0.15, -0.1) is 0 Å². The lowest BCUT2D eigenvalue weighted by Crippen LogP contribution is -2.48. The number of ether oxygens (including phenoxy) is 1. The standard InChI is InChI=1S/C13H29NO2/c1-5-9-14-13(6-2,11-15)8-7-10-16-12(3)4/h12,14-15H,5-11H2,1-4H3. The normalized spacial score (nSPS) is 15.4. The maximum atomic E-state index is 9.51. The summed E-state index contributed by atoms with van der Waals surface area (Å²) in [6.07, 6.45) is 4.35. The van der Waals surface area contributed by atoms with Gasteiger partial charge in [0, 0.05) is 12.1 Å². The summed E-state index contributed by atoms with van der Waals surface area (Å²) in [6.45, 7) is 10.3. The summed E-state index contributed by atoms with van der Waals surface area (Å²) in [7, 11) is 0. The van der Waals surface area contributed by atoms with Crippen LogP contribution in [0.2, 0.25) is 0 Å². The van der Waals surface area contributed by atoms with Crippen LogP contribution in [-0.2, 0) is 4.74 Å². The van der Waals surface area contributed by atoms with Crippen molar-refractivity contribution in [2.24, 2.45) is 0 Å². The Labute approximate surface area is 101 Å². The van der Waals surface area contributed by atoms with E-state index in [4.69, 9.17) is 4.74 Å². The molecule has 0 aliphatic rings. The predicted molar refractivity (Wildman–Crippen MR) is 68.7 cm³/mol. The first-order valence-corrected chi connectivity index (χ1v) is 6.57. The molecule has 0 fully saturated rings. The van der Waals surface area contributed by atoms with Crippen LogP contribution in [-0.4, -0.2) is 36.5 Å². The van der Waals surface area contributed by atoms with E-state index in [1.54, 1.807) is 0 Å². The molecular formula is C13H29NO2. The van der Waals surface area contributed by atoms with Crippen LogP contribution in [0, 0.1) is 0 Å². The Morgan fingerprint density at radius 1 is 1.31 bits per heavy atom. The van der Waals surface area contributed by atoms with Crippen molar-refractivity contribution in [3.8, 4) is 0 Å². The van der Waals surface area contributed by atoms with Crippen molar-refractivity contribution < 1.29 is 9.84 Å². The molecule has 0 aromatic carbocycles. The smallest absolute Gasteiger partial charge is 0.0613 e. The Hall–Kier alpha value is -0.120. The summed E-state index contributed by atoms with van der Waals surface area (Å²) in [5.74, 6) is 0. The Morgan fingerprint density at radius 2 is 2.00 bits per heavy atom. The van der Waals surface area contributed by atoms with Gasteiger partial charge in [-0.1, -0.05) is 13.8 Å². The third kappa shape index (κ3) is 6.46. The molecule has 16 heavy (non-hydrogen) atoms. The fourth-order valence-electron chi connectivity index (χ4n) is 1.76. The van der Waals surface area contributed by atoms with Gasteiger partial charge in [-0.25, -0.2) is 0 Å². The molecule has 0 rings (SSSR count). The molecule has 0 aliphatic carbocycles. The second kappa shape index (κ2) is 8.97. The molecule has 1 atom stereocenters. The minimum atomic E-state index is -0.101. The van der Waals surface area contributed by atoms with E-state index in [0.717, 1.165) is 38.8 Å². The lowest BCUT2D eigenvalue weighted by molar-refractivity contribution is 0.0642. The van der Waals surface area contributed by atoms with Gasteiger partial charge in [-0.3, -0.25) is 0 Å². The molecule has 1 unspecified atom stereocenters. The van der Waals surface area contributed by atoms with Gasteiger partial charge in [0.05, 0.1) is 12.7 Å². The zero-order valence-electron chi connectivity index (χ0n) is 11.4. The Kier molecular flexibility index (Phi) is 8.90. The van der Waals surface area contributed by atoms with Gasteiger partial charge >= 0.3 is 0 Å². The highest BCUT2D eigenvalue weighted by Gasteiger charge is 2.25. The van der Waals surface area contributed by atoms with Crippen LogP contribution in [0.25, 0.3) is 0 Å². The average Bonchev–Trinajstić information content (AvgIpc) is 2.29. The van der Waals surface area contributed by atoms with Gasteiger partial charge in [-0.2, -0.15) is 0 Å². The monoisotopic (exact) mass is 231 g/mol. The molecule has 0 saturated heterocycles. The van der Waals surface area contributed by atoms with Gasteiger partial charge < -0.3 is 15.2 Å². The van der Waals surface area contributed by atoms with Crippen molar-refractivity contribution in [3.63, 3.8) is 0 Å². The molecule has 0 aromatic heterocycles. The summed E-state index contributed by atoms with van der Waals surface area (Å²) in [5, 5.41) is 13.0. The van der Waals surface area contributed by atoms with E-state index in [1.165, 1.54) is 0 Å². The summed E-state index contributed by atoms with van der Waals surface area (Å²) < 4.78 is 5.52. The number of hydrogen-bond acceptors (Lipinski definition) is 3. The van der Waals surface area contributed by atoms with Gasteiger partial charge in [-0.05, 0) is 46.1 Å². The van der Waals surface area contributed by atoms with Crippen LogP contribution in [0.15, 0.2) is 0 Å². The lowest BCUT2D eigenvalue weighted by atomic mass is 9.91. The summed E-state index contributed by atoms with van der Waals surface area (Å²) >= 11 is 0. The number of nitrogens with one attached hydrogen (secondary N) is 1. The zero-order valence-corrected chi connectivity index (χ0v) is 11.4. The molecule has 3 heteroatoms. The largest absolute Gasteiger partial charge is 0.394 e. The molecule has 0 saturated carbocycles. The molecule has 0 spiro atoms. The maximum absolute atomic E-state index is 9.51. The van der Waals surface area contributed by atoms with Crippen LogP contribution < -0.4 is 5.32 Å². The van der Waals surface area contributed by atoms with Crippen LogP contribution in [0.3, 0.4) is 0 Å². The molecule has 98 valence electrons. The van der Waals surface area contributed by atoms with Crippen LogP contribution >= 0.6 is 0 Å². The van der Waals surface area contributed by atoms with Crippen molar-refractivity contribution in [3.05, 3.63) is 0 Å². The minimum Gasteiger partial charge on any atom is -0.394 e. The molecule has 3 nitrogen and oxygen atoms in total. The molecule has 0 aromatic rings. The lowest BCUT2D eigenvalue weighted by Gasteiger charge is -2.32. The third-order valence-corrected chi connectivity index (χ3v) is 2.98. The summed E-state index contributed by atoms with van der Waals surface area (Å²) in [4.78, 5) is 0. The number of aliphatic hydroxyl groups is 1. The Balaban J connectivity index is 3.91. The van der Waals surface area contributed by atoms with Crippen LogP contribution in [0.1, 0.15) is 53.4 Å². The van der Waals surface area contributed by atoms with Crippen molar-refractivity contribution in [2.75, 3.05) is 19.8 Å². The fourth-order valence-corrected chi connectivity index (χ4v) is 1.76. The molecule has 0 amide bonds. The van der Waals surface area contributed by atoms with E-state index in [0.29, 0.717) is 6.10 Å². The first-order chi connectivity index (χ1) is 7.60. The van der Waals surface area contributed by atoms with Gasteiger partial charge in [0.1, 0.15) is 0 Å². The highest BCUT2D eigenvalue weighted by Crippen LogP contribution is 2.17. The van der Waals surface area contributed by atoms with Crippen LogP contribution in [0.4, 0.5) is 0 Å². The molecule has 2 N–H and O–H groups in total. The first kappa shape index (κ1) is 15.9. The van der Waals surface area contributed by atoms with E-state index >= 15 is 0 Å². The number of rotatable bonds is 10. The average molecular weight is 231 g/mol. The van der Waals surface area contributed by atoms with Gasteiger partial charge in [0.2, 0.25) is 0 Å². The van der Waals surface area contributed by atoms with Crippen molar-refractivity contribution in [1.29, 1.82) is 0 Å². The number of hydrogen-bond donors (Lipinski definition) is 2. The van der Waals surface area contributed by atoms with E-state index in [1.807, 2.05) is 0 Å². The second-order valence-corrected chi connectivity index (χ2v) is 4.74. The Morgan fingerprint density at radius 3 is 2.44 bits per heavy atom. The minimum absolute atomic E-state index is 0.101. The highest BCUT2D eigenvalue weighted by atomic mass is 16.5. The fraction of sp³-hybridized carbons (Fsp3) is 1.00. The van der Waals surface area contributed by atoms with E-state index in [9.17, 15) is 5.11 Å². The van der Waals surface area contributed by atoms with Crippen LogP contribution in [0.5, 0.6) is 0 Å². The quantitative estimate of drug-likeness (QED) is 0.567. The SMILES string of the molecule is CCCNC(CC)(CO)CCCOC(C)C. The van der Waals surface area contributed by atoms with Gasteiger partial charge in [0.15, 0.2) is 0 Å². The predicted octanol–water partition coefficient (Wildman–Crippen LogP) is 2.33. The van der Waals surface area contributed by atoms with Gasteiger partial charge in [0.25, 0.3) is 0 Å². The topological polar surface area (TPSA) is 41.5 Å². The molecule has 0 radical (unpaired) electrons. The Bertz CT molecular complexity index is 156. The molecule has 0 aliphatic heterocycles.